The van der Waals surface area contributed by atoms with Crippen LogP contribution in [0.1, 0.15) is 35.7 Å². The lowest BCUT2D eigenvalue weighted by atomic mass is 10.0. The number of nitrogens with zero attached hydrogens (tertiary/aromatic N) is 4. The van der Waals surface area contributed by atoms with E-state index >= 15 is 0 Å². The second kappa shape index (κ2) is 5.54. The van der Waals surface area contributed by atoms with Crippen molar-refractivity contribution in [1.29, 1.82) is 0 Å². The van der Waals surface area contributed by atoms with Crippen molar-refractivity contribution in [1.82, 2.24) is 19.3 Å². The van der Waals surface area contributed by atoms with Gasteiger partial charge in [-0.25, -0.2) is 9.97 Å². The van der Waals surface area contributed by atoms with Gasteiger partial charge in [0.05, 0.1) is 11.9 Å². The molecule has 1 amide bonds. The number of carbonyl (C=O) groups is 1. The summed E-state index contributed by atoms with van der Waals surface area (Å²) in [7, 11) is 0. The van der Waals surface area contributed by atoms with Gasteiger partial charge in [0.1, 0.15) is 4.60 Å². The predicted octanol–water partition coefficient (Wildman–Crippen LogP) is 3.50. The van der Waals surface area contributed by atoms with E-state index in [-0.39, 0.29) is 5.91 Å². The third-order valence-electron chi connectivity index (χ3n) is 5.52. The number of carbonyl (C=O) groups excluding carboxylic acids is 1. The van der Waals surface area contributed by atoms with Crippen molar-refractivity contribution in [2.24, 2.45) is 5.92 Å². The molecule has 1 fully saturated rings. The Morgan fingerprint density at radius 1 is 1.35 bits per heavy atom. The smallest absolute Gasteiger partial charge is 0.254 e. The number of nitrogen functional groups attached to an aromatic ring is 1. The molecule has 1 atom stereocenters. The number of benzene rings is 1. The molecule has 26 heavy (non-hydrogen) atoms. The molecule has 0 saturated heterocycles. The van der Waals surface area contributed by atoms with Crippen molar-refractivity contribution >= 4 is 33.3 Å². The highest BCUT2D eigenvalue weighted by Crippen LogP contribution is 2.39. The minimum absolute atomic E-state index is 0.153. The molecule has 0 radical (unpaired) electrons. The third-order valence-corrected chi connectivity index (χ3v) is 5.90. The molecule has 1 aliphatic heterocycles. The van der Waals surface area contributed by atoms with Crippen LogP contribution in [0.2, 0.25) is 0 Å². The molecule has 0 bridgehead atoms. The van der Waals surface area contributed by atoms with Crippen molar-refractivity contribution in [3.63, 3.8) is 0 Å². The maximum absolute atomic E-state index is 12.7. The van der Waals surface area contributed by atoms with Crippen LogP contribution in [0, 0.1) is 5.92 Å². The number of anilines is 1. The second-order valence-corrected chi connectivity index (χ2v) is 7.98. The zero-order valence-corrected chi connectivity index (χ0v) is 15.9. The first-order valence-corrected chi connectivity index (χ1v) is 9.55. The van der Waals surface area contributed by atoms with Crippen LogP contribution in [0.15, 0.2) is 35.2 Å². The van der Waals surface area contributed by atoms with E-state index in [1.165, 1.54) is 12.8 Å². The normalized spacial score (nSPS) is 17.8. The Bertz CT molecular complexity index is 1060. The van der Waals surface area contributed by atoms with Crippen molar-refractivity contribution in [3.8, 4) is 11.3 Å². The van der Waals surface area contributed by atoms with Crippen LogP contribution >= 0.6 is 15.9 Å². The van der Waals surface area contributed by atoms with E-state index in [0.717, 1.165) is 22.4 Å². The molecule has 2 aromatic heterocycles. The van der Waals surface area contributed by atoms with E-state index in [4.69, 9.17) is 5.73 Å². The molecule has 7 heteroatoms. The van der Waals surface area contributed by atoms with Crippen molar-refractivity contribution in [2.75, 3.05) is 5.73 Å². The van der Waals surface area contributed by atoms with Crippen molar-refractivity contribution < 1.29 is 4.79 Å². The highest BCUT2D eigenvalue weighted by molar-refractivity contribution is 9.10. The summed E-state index contributed by atoms with van der Waals surface area (Å²) >= 11 is 3.38. The van der Waals surface area contributed by atoms with Gasteiger partial charge in [0, 0.05) is 29.9 Å². The standard InChI is InChI=1S/C19H18BrN5O/c1-10(11-2-3-11)24-8-13-6-12(4-5-14(13)19(24)26)15-7-22-18-17(21)23-16(20)9-25(15)18/h4-7,9-11H,2-3,8H2,1H3,(H2,21,23). The number of amides is 1. The zero-order chi connectivity index (χ0) is 18.0. The fraction of sp³-hybridized carbons (Fsp3) is 0.316. The number of rotatable bonds is 3. The lowest BCUT2D eigenvalue weighted by Gasteiger charge is -2.23. The Morgan fingerprint density at radius 2 is 2.15 bits per heavy atom. The topological polar surface area (TPSA) is 76.5 Å². The third kappa shape index (κ3) is 2.34. The summed E-state index contributed by atoms with van der Waals surface area (Å²) in [5.74, 6) is 1.20. The Morgan fingerprint density at radius 3 is 2.92 bits per heavy atom. The van der Waals surface area contributed by atoms with Crippen LogP contribution in [0.25, 0.3) is 16.9 Å². The largest absolute Gasteiger partial charge is 0.381 e. The lowest BCUT2D eigenvalue weighted by molar-refractivity contribution is 0.0697. The van der Waals surface area contributed by atoms with Gasteiger partial charge in [-0.1, -0.05) is 6.07 Å². The number of imidazole rings is 1. The summed E-state index contributed by atoms with van der Waals surface area (Å²) in [5.41, 5.74) is 10.4. The van der Waals surface area contributed by atoms with Gasteiger partial charge in [-0.15, -0.1) is 0 Å². The van der Waals surface area contributed by atoms with Crippen LogP contribution in [-0.2, 0) is 6.54 Å². The Labute approximate surface area is 159 Å². The van der Waals surface area contributed by atoms with Gasteiger partial charge in [-0.3, -0.25) is 9.20 Å². The van der Waals surface area contributed by atoms with Gasteiger partial charge in [0.15, 0.2) is 11.5 Å². The highest BCUT2D eigenvalue weighted by Gasteiger charge is 2.38. The number of fused-ring (bicyclic) bond motifs is 2. The molecule has 1 aliphatic carbocycles. The molecule has 2 aliphatic rings. The average molecular weight is 412 g/mol. The first-order chi connectivity index (χ1) is 12.5. The molecular formula is C19H18BrN5O. The maximum Gasteiger partial charge on any atom is 0.254 e. The monoisotopic (exact) mass is 411 g/mol. The summed E-state index contributed by atoms with van der Waals surface area (Å²) in [6, 6.07) is 6.33. The Hall–Kier alpha value is -2.41. The molecule has 2 N–H and O–H groups in total. The Kier molecular flexibility index (Phi) is 3.37. The summed E-state index contributed by atoms with van der Waals surface area (Å²) in [5, 5.41) is 0. The fourth-order valence-electron chi connectivity index (χ4n) is 3.86. The Balaban J connectivity index is 1.56. The minimum Gasteiger partial charge on any atom is -0.381 e. The number of nitrogens with two attached hydrogens (primary N) is 1. The SMILES string of the molecule is CC(C1CC1)N1Cc2cc(-c3cnc4c(N)nc(Br)cn34)ccc2C1=O. The van der Waals surface area contributed by atoms with Crippen LogP contribution in [0.4, 0.5) is 5.82 Å². The van der Waals surface area contributed by atoms with Gasteiger partial charge in [-0.2, -0.15) is 0 Å². The molecule has 0 spiro atoms. The number of hydrogen-bond acceptors (Lipinski definition) is 4. The average Bonchev–Trinajstić information content (AvgIpc) is 3.30. The van der Waals surface area contributed by atoms with E-state index in [9.17, 15) is 4.79 Å². The molecule has 1 unspecified atom stereocenters. The van der Waals surface area contributed by atoms with Crippen LogP contribution in [-0.4, -0.2) is 31.2 Å². The number of hydrogen-bond donors (Lipinski definition) is 1. The molecule has 5 rings (SSSR count). The van der Waals surface area contributed by atoms with E-state index in [2.05, 4.69) is 38.9 Å². The van der Waals surface area contributed by atoms with Crippen LogP contribution in [0.3, 0.4) is 0 Å². The van der Waals surface area contributed by atoms with Crippen LogP contribution in [0.5, 0.6) is 0 Å². The van der Waals surface area contributed by atoms with Crippen molar-refractivity contribution in [3.05, 3.63) is 46.3 Å². The molecule has 1 aromatic carbocycles. The molecular weight excluding hydrogens is 394 g/mol. The summed E-state index contributed by atoms with van der Waals surface area (Å²) in [6.07, 6.45) is 6.12. The molecule has 6 nitrogen and oxygen atoms in total. The predicted molar refractivity (Wildman–Crippen MR) is 103 cm³/mol. The number of halogens is 1. The summed E-state index contributed by atoms with van der Waals surface area (Å²) in [4.78, 5) is 23.3. The van der Waals surface area contributed by atoms with Gasteiger partial charge in [0.2, 0.25) is 0 Å². The van der Waals surface area contributed by atoms with E-state index in [1.54, 1.807) is 6.20 Å². The van der Waals surface area contributed by atoms with E-state index < -0.39 is 0 Å². The van der Waals surface area contributed by atoms with Gasteiger partial charge < -0.3 is 10.6 Å². The molecule has 1 saturated carbocycles. The summed E-state index contributed by atoms with van der Waals surface area (Å²) in [6.45, 7) is 2.85. The first kappa shape index (κ1) is 15.8. The quantitative estimate of drug-likeness (QED) is 0.715. The van der Waals surface area contributed by atoms with Gasteiger partial charge in [-0.05, 0) is 59.3 Å². The summed E-state index contributed by atoms with van der Waals surface area (Å²) < 4.78 is 2.58. The minimum atomic E-state index is 0.153. The second-order valence-electron chi connectivity index (χ2n) is 7.17. The van der Waals surface area contributed by atoms with Gasteiger partial charge >= 0.3 is 0 Å². The van der Waals surface area contributed by atoms with Crippen LogP contribution < -0.4 is 5.73 Å². The first-order valence-electron chi connectivity index (χ1n) is 8.76. The molecule has 132 valence electrons. The van der Waals surface area contributed by atoms with Crippen molar-refractivity contribution in [2.45, 2.75) is 32.4 Å². The number of aromatic nitrogens is 3. The maximum atomic E-state index is 12.7. The molecule has 3 heterocycles. The zero-order valence-electron chi connectivity index (χ0n) is 14.3. The van der Waals surface area contributed by atoms with E-state index in [0.29, 0.717) is 34.6 Å². The molecule has 3 aromatic rings. The van der Waals surface area contributed by atoms with Gasteiger partial charge in [0.25, 0.3) is 5.91 Å². The fourth-order valence-corrected chi connectivity index (χ4v) is 4.26. The van der Waals surface area contributed by atoms with E-state index in [1.807, 2.05) is 27.6 Å². The lowest BCUT2D eigenvalue weighted by Crippen LogP contribution is -2.34. The highest BCUT2D eigenvalue weighted by atomic mass is 79.9.